The van der Waals surface area contributed by atoms with Crippen LogP contribution in [0, 0.1) is 5.92 Å². The van der Waals surface area contributed by atoms with Gasteiger partial charge in [-0.3, -0.25) is 0 Å². The molecule has 0 radical (unpaired) electrons. The molecule has 0 aromatic carbocycles. The van der Waals surface area contributed by atoms with Crippen molar-refractivity contribution in [2.45, 2.75) is 25.7 Å². The second kappa shape index (κ2) is 3.88. The zero-order chi connectivity index (χ0) is 5.82. The minimum atomic E-state index is 1.03. The van der Waals surface area contributed by atoms with Crippen molar-refractivity contribution >= 4 is 11.5 Å². The van der Waals surface area contributed by atoms with E-state index < -0.39 is 0 Å². The summed E-state index contributed by atoms with van der Waals surface area (Å²) in [5, 5.41) is 0. The molecule has 8 heavy (non-hydrogen) atoms. The minimum absolute atomic E-state index is 1.03. The SMILES string of the molecule is [Hf+2]=[Si]=CC1CCCC1. The van der Waals surface area contributed by atoms with Gasteiger partial charge in [-0.1, -0.05) is 0 Å². The molecule has 0 heterocycles. The third-order valence-corrected chi connectivity index (χ3v) is 4.15. The second-order valence-electron chi connectivity index (χ2n) is 2.36. The zero-order valence-corrected chi connectivity index (χ0v) is 9.58. The van der Waals surface area contributed by atoms with Gasteiger partial charge >= 0.3 is 66.1 Å². The molecule has 1 saturated carbocycles. The van der Waals surface area contributed by atoms with Gasteiger partial charge in [-0.15, -0.1) is 0 Å². The van der Waals surface area contributed by atoms with Crippen LogP contribution in [-0.4, -0.2) is 11.5 Å². The van der Waals surface area contributed by atoms with Gasteiger partial charge in [-0.25, -0.2) is 0 Å². The molecular formula is C6H10HfSi+2. The molecule has 1 fully saturated rings. The van der Waals surface area contributed by atoms with Crippen molar-refractivity contribution in [3.8, 4) is 0 Å². The van der Waals surface area contributed by atoms with Crippen molar-refractivity contribution in [2.75, 3.05) is 0 Å². The first kappa shape index (κ1) is 7.07. The molecule has 0 unspecified atom stereocenters. The fourth-order valence-electron chi connectivity index (χ4n) is 1.24. The fourth-order valence-corrected chi connectivity index (χ4v) is 4.35. The molecule has 1 aliphatic carbocycles. The van der Waals surface area contributed by atoms with E-state index in [0.29, 0.717) is 0 Å². The van der Waals surface area contributed by atoms with Crippen LogP contribution < -0.4 is 0 Å². The molecule has 1 rings (SSSR count). The molecule has 2 heteroatoms. The Labute approximate surface area is 66.0 Å². The van der Waals surface area contributed by atoms with Crippen molar-refractivity contribution in [3.05, 3.63) is 0 Å². The van der Waals surface area contributed by atoms with E-state index in [1.165, 1.54) is 54.5 Å². The Bertz CT molecular complexity index is 110. The summed E-state index contributed by atoms with van der Waals surface area (Å²) in [5.74, 6) is 2.24. The fraction of sp³-hybridized carbons (Fsp3) is 0.833. The van der Waals surface area contributed by atoms with Crippen LogP contribution in [0.1, 0.15) is 25.7 Å². The second-order valence-corrected chi connectivity index (χ2v) is 6.09. The van der Waals surface area contributed by atoms with E-state index in [-0.39, 0.29) is 0 Å². The summed E-state index contributed by atoms with van der Waals surface area (Å²) < 4.78 is 0. The number of rotatable bonds is 1. The van der Waals surface area contributed by atoms with Gasteiger partial charge < -0.3 is 0 Å². The van der Waals surface area contributed by atoms with Crippen LogP contribution >= 0.6 is 0 Å². The number of hydrogen-bond donors (Lipinski definition) is 0. The maximum atomic E-state index is 2.55. The maximum absolute atomic E-state index is 2.55. The molecular weight excluding hydrogens is 279 g/mol. The molecule has 0 N–H and O–H groups in total. The van der Waals surface area contributed by atoms with Gasteiger partial charge in [0.1, 0.15) is 0 Å². The van der Waals surface area contributed by atoms with Crippen molar-refractivity contribution in [1.82, 2.24) is 0 Å². The van der Waals surface area contributed by atoms with Crippen LogP contribution in [0.5, 0.6) is 0 Å². The van der Waals surface area contributed by atoms with Gasteiger partial charge in [-0.05, 0) is 0 Å². The first-order valence-corrected chi connectivity index (χ1v) is 9.65. The molecule has 0 amide bonds. The summed E-state index contributed by atoms with van der Waals surface area (Å²) in [4.78, 5) is 0. The van der Waals surface area contributed by atoms with E-state index in [0.717, 1.165) is 5.92 Å². The van der Waals surface area contributed by atoms with Gasteiger partial charge in [0.05, 0.1) is 0 Å². The van der Waals surface area contributed by atoms with Gasteiger partial charge in [-0.2, -0.15) is 0 Å². The number of hydrogen-bond acceptors (Lipinski definition) is 0. The molecule has 1 aliphatic rings. The predicted molar refractivity (Wildman–Crippen MR) is 33.8 cm³/mol. The molecule has 0 spiro atoms. The van der Waals surface area contributed by atoms with Crippen molar-refractivity contribution < 1.29 is 23.0 Å². The molecule has 40 valence electrons. The van der Waals surface area contributed by atoms with Gasteiger partial charge in [0, 0.05) is 0 Å². The van der Waals surface area contributed by atoms with Crippen LogP contribution in [0.3, 0.4) is 0 Å². The zero-order valence-electron chi connectivity index (χ0n) is 4.98. The Morgan fingerprint density at radius 1 is 1.38 bits per heavy atom. The molecule has 0 atom stereocenters. The standard InChI is InChI=1S/C6H10Si.Hf/c7-5-6-3-1-2-4-6;/h5-6H,1-4H2;/q;+2. The topological polar surface area (TPSA) is 0 Å². The molecule has 0 bridgehead atoms. The Morgan fingerprint density at radius 2 is 2.00 bits per heavy atom. The third kappa shape index (κ3) is 2.06. The molecule has 0 nitrogen and oxygen atoms in total. The third-order valence-electron chi connectivity index (χ3n) is 1.72. The Morgan fingerprint density at radius 3 is 2.50 bits per heavy atom. The summed E-state index contributed by atoms with van der Waals surface area (Å²) in [6.07, 6.45) is 5.98. The van der Waals surface area contributed by atoms with E-state index in [4.69, 9.17) is 0 Å². The van der Waals surface area contributed by atoms with E-state index in [1.807, 2.05) is 0 Å². The van der Waals surface area contributed by atoms with Crippen LogP contribution in [0.15, 0.2) is 0 Å². The van der Waals surface area contributed by atoms with Crippen LogP contribution in [0.4, 0.5) is 0 Å². The quantitative estimate of drug-likeness (QED) is 0.635. The van der Waals surface area contributed by atoms with Crippen LogP contribution in [0.2, 0.25) is 0 Å². The van der Waals surface area contributed by atoms with Gasteiger partial charge in [0.15, 0.2) is 0 Å². The summed E-state index contributed by atoms with van der Waals surface area (Å²) in [6.45, 7) is 0. The summed E-state index contributed by atoms with van der Waals surface area (Å²) in [5.41, 5.74) is 2.55. The Kier molecular flexibility index (Phi) is 3.43. The first-order valence-electron chi connectivity index (χ1n) is 3.19. The van der Waals surface area contributed by atoms with Gasteiger partial charge in [0.2, 0.25) is 0 Å². The van der Waals surface area contributed by atoms with E-state index in [1.54, 1.807) is 0 Å². The van der Waals surface area contributed by atoms with E-state index in [9.17, 15) is 0 Å². The molecule has 0 aromatic rings. The normalized spacial score (nSPS) is 20.8. The van der Waals surface area contributed by atoms with E-state index >= 15 is 0 Å². The summed E-state index contributed by atoms with van der Waals surface area (Å²) in [6, 6.07) is 0. The average molecular weight is 289 g/mol. The van der Waals surface area contributed by atoms with Crippen molar-refractivity contribution in [1.29, 1.82) is 0 Å². The monoisotopic (exact) mass is 290 g/mol. The van der Waals surface area contributed by atoms with Crippen molar-refractivity contribution in [3.63, 3.8) is 0 Å². The van der Waals surface area contributed by atoms with Crippen LogP contribution in [-0.2, 0) is 23.0 Å². The van der Waals surface area contributed by atoms with Crippen molar-refractivity contribution in [2.24, 2.45) is 5.92 Å². The Balaban J connectivity index is 2.35. The van der Waals surface area contributed by atoms with Crippen LogP contribution in [0.25, 0.3) is 0 Å². The molecule has 0 saturated heterocycles. The van der Waals surface area contributed by atoms with Gasteiger partial charge in [0.25, 0.3) is 0 Å². The molecule has 0 aromatic heterocycles. The predicted octanol–water partition coefficient (Wildman–Crippen LogP) is 1.14. The summed E-state index contributed by atoms with van der Waals surface area (Å²) in [7, 11) is 0. The Hall–Kier alpha value is 0.957. The average Bonchev–Trinajstić information content (AvgIpc) is 2.19. The summed E-state index contributed by atoms with van der Waals surface area (Å²) >= 11 is 1.40. The first-order chi connectivity index (χ1) is 3.93. The van der Waals surface area contributed by atoms with E-state index in [2.05, 4.69) is 5.67 Å². The molecule has 0 aliphatic heterocycles.